The number of urea groups is 1. The third kappa shape index (κ3) is 3.43. The van der Waals surface area contributed by atoms with Crippen molar-refractivity contribution in [1.82, 2.24) is 4.90 Å². The quantitative estimate of drug-likeness (QED) is 0.848. The average Bonchev–Trinajstić information content (AvgIpc) is 2.44. The van der Waals surface area contributed by atoms with E-state index in [1.54, 1.807) is 23.1 Å². The summed E-state index contributed by atoms with van der Waals surface area (Å²) in [6.07, 6.45) is 0.962. The highest BCUT2D eigenvalue weighted by molar-refractivity contribution is 9.10. The molecule has 1 aromatic rings. The van der Waals surface area contributed by atoms with E-state index >= 15 is 0 Å². The highest BCUT2D eigenvalue weighted by atomic mass is 79.9. The molecule has 108 valence electrons. The maximum atomic E-state index is 12.1. The Balaban J connectivity index is 1.96. The summed E-state index contributed by atoms with van der Waals surface area (Å²) in [7, 11) is 0. The SMILES string of the molecule is O=C(O)C1CCN(C(=O)Nc2cccc(Br)c2Cl)CC1. The second-order valence-corrected chi connectivity index (χ2v) is 5.86. The standard InChI is InChI=1S/C13H14BrClN2O3/c14-9-2-1-3-10(11(9)15)16-13(20)17-6-4-8(5-7-17)12(18)19/h1-3,8H,4-7H2,(H,16,20)(H,18,19). The van der Waals surface area contributed by atoms with Gasteiger partial charge in [-0.1, -0.05) is 17.7 Å². The molecule has 1 heterocycles. The van der Waals surface area contributed by atoms with Gasteiger partial charge in [-0.25, -0.2) is 4.79 Å². The van der Waals surface area contributed by atoms with E-state index in [0.29, 0.717) is 41.1 Å². The second-order valence-electron chi connectivity index (χ2n) is 4.63. The minimum absolute atomic E-state index is 0.256. The number of rotatable bonds is 2. The molecule has 0 atom stereocenters. The van der Waals surface area contributed by atoms with Gasteiger partial charge in [0, 0.05) is 17.6 Å². The van der Waals surface area contributed by atoms with Crippen molar-refractivity contribution >= 4 is 45.2 Å². The first kappa shape index (κ1) is 15.1. The van der Waals surface area contributed by atoms with Crippen molar-refractivity contribution in [3.05, 3.63) is 27.7 Å². The summed E-state index contributed by atoms with van der Waals surface area (Å²) in [5.74, 6) is -1.14. The number of halogens is 2. The van der Waals surface area contributed by atoms with E-state index < -0.39 is 5.97 Å². The van der Waals surface area contributed by atoms with Crippen molar-refractivity contribution in [3.8, 4) is 0 Å². The van der Waals surface area contributed by atoms with Crippen LogP contribution in [0.15, 0.2) is 22.7 Å². The molecule has 0 saturated carbocycles. The van der Waals surface area contributed by atoms with E-state index in [4.69, 9.17) is 16.7 Å². The molecule has 0 aliphatic carbocycles. The third-order valence-corrected chi connectivity index (χ3v) is 4.62. The molecule has 1 aliphatic rings. The number of benzene rings is 1. The highest BCUT2D eigenvalue weighted by Gasteiger charge is 2.27. The average molecular weight is 362 g/mol. The molecule has 0 bridgehead atoms. The van der Waals surface area contributed by atoms with E-state index in [0.717, 1.165) is 0 Å². The lowest BCUT2D eigenvalue weighted by Crippen LogP contribution is -2.42. The Morgan fingerprint density at radius 2 is 2.00 bits per heavy atom. The number of nitrogens with one attached hydrogen (secondary N) is 1. The number of hydrogen-bond donors (Lipinski definition) is 2. The van der Waals surface area contributed by atoms with Crippen LogP contribution in [-0.2, 0) is 4.79 Å². The van der Waals surface area contributed by atoms with E-state index in [9.17, 15) is 9.59 Å². The molecule has 20 heavy (non-hydrogen) atoms. The topological polar surface area (TPSA) is 69.6 Å². The van der Waals surface area contributed by atoms with Crippen molar-refractivity contribution < 1.29 is 14.7 Å². The maximum absolute atomic E-state index is 12.1. The minimum Gasteiger partial charge on any atom is -0.481 e. The first-order chi connectivity index (χ1) is 9.49. The molecule has 2 rings (SSSR count). The summed E-state index contributed by atoms with van der Waals surface area (Å²) in [6.45, 7) is 0.878. The molecule has 0 aromatic heterocycles. The second kappa shape index (κ2) is 6.45. The number of anilines is 1. The monoisotopic (exact) mass is 360 g/mol. The van der Waals surface area contributed by atoms with Crippen molar-refractivity contribution in [2.24, 2.45) is 5.92 Å². The first-order valence-electron chi connectivity index (χ1n) is 6.22. The number of hydrogen-bond acceptors (Lipinski definition) is 2. The lowest BCUT2D eigenvalue weighted by molar-refractivity contribution is -0.143. The summed E-state index contributed by atoms with van der Waals surface area (Å²) in [6, 6.07) is 5.03. The van der Waals surface area contributed by atoms with Crippen LogP contribution in [0.3, 0.4) is 0 Å². The van der Waals surface area contributed by atoms with E-state index in [-0.39, 0.29) is 11.9 Å². The Bertz CT molecular complexity index is 530. The fraction of sp³-hybridized carbons (Fsp3) is 0.385. The molecule has 2 amide bonds. The van der Waals surface area contributed by atoms with E-state index in [1.807, 2.05) is 0 Å². The number of carboxylic acid groups (broad SMARTS) is 1. The third-order valence-electron chi connectivity index (χ3n) is 3.32. The molecular formula is C13H14BrClN2O3. The van der Waals surface area contributed by atoms with Gasteiger partial charge in [-0.3, -0.25) is 4.79 Å². The lowest BCUT2D eigenvalue weighted by atomic mass is 9.97. The van der Waals surface area contributed by atoms with Crippen molar-refractivity contribution in [2.45, 2.75) is 12.8 Å². The zero-order chi connectivity index (χ0) is 14.7. The zero-order valence-corrected chi connectivity index (χ0v) is 12.9. The molecule has 1 aliphatic heterocycles. The fourth-order valence-corrected chi connectivity index (χ4v) is 2.66. The van der Waals surface area contributed by atoms with Gasteiger partial charge in [0.05, 0.1) is 16.6 Å². The van der Waals surface area contributed by atoms with Crippen LogP contribution in [0, 0.1) is 5.92 Å². The van der Waals surface area contributed by atoms with Crippen LogP contribution < -0.4 is 5.32 Å². The molecule has 7 heteroatoms. The van der Waals surface area contributed by atoms with Crippen molar-refractivity contribution in [1.29, 1.82) is 0 Å². The summed E-state index contributed by atoms with van der Waals surface area (Å²) in [4.78, 5) is 24.6. The van der Waals surface area contributed by atoms with Crippen LogP contribution >= 0.6 is 27.5 Å². The molecule has 5 nitrogen and oxygen atoms in total. The van der Waals surface area contributed by atoms with E-state index in [2.05, 4.69) is 21.2 Å². The maximum Gasteiger partial charge on any atom is 0.321 e. The van der Waals surface area contributed by atoms with Gasteiger partial charge in [-0.2, -0.15) is 0 Å². The van der Waals surface area contributed by atoms with Gasteiger partial charge in [-0.15, -0.1) is 0 Å². The minimum atomic E-state index is -0.792. The number of likely N-dealkylation sites (tertiary alicyclic amines) is 1. The smallest absolute Gasteiger partial charge is 0.321 e. The summed E-state index contributed by atoms with van der Waals surface area (Å²) < 4.78 is 0.710. The Morgan fingerprint density at radius 1 is 1.35 bits per heavy atom. The molecule has 2 N–H and O–H groups in total. The Labute approximate surface area is 130 Å². The predicted octanol–water partition coefficient (Wildman–Crippen LogP) is 3.43. The first-order valence-corrected chi connectivity index (χ1v) is 7.39. The van der Waals surface area contributed by atoms with Crippen LogP contribution in [0.2, 0.25) is 5.02 Å². The fourth-order valence-electron chi connectivity index (χ4n) is 2.12. The van der Waals surface area contributed by atoms with Crippen LogP contribution in [0.4, 0.5) is 10.5 Å². The molecule has 0 unspecified atom stereocenters. The van der Waals surface area contributed by atoms with Gasteiger partial charge in [0.15, 0.2) is 0 Å². The van der Waals surface area contributed by atoms with Crippen LogP contribution in [0.1, 0.15) is 12.8 Å². The van der Waals surface area contributed by atoms with Crippen molar-refractivity contribution in [2.75, 3.05) is 18.4 Å². The number of carboxylic acids is 1. The highest BCUT2D eigenvalue weighted by Crippen LogP contribution is 2.30. The normalized spacial score (nSPS) is 16.0. The van der Waals surface area contributed by atoms with Gasteiger partial charge in [-0.05, 0) is 40.9 Å². The number of nitrogens with zero attached hydrogens (tertiary/aromatic N) is 1. The van der Waals surface area contributed by atoms with Crippen molar-refractivity contribution in [3.63, 3.8) is 0 Å². The molecule has 0 radical (unpaired) electrons. The van der Waals surface area contributed by atoms with Crippen LogP contribution in [0.5, 0.6) is 0 Å². The molecule has 1 fully saturated rings. The van der Waals surface area contributed by atoms with Gasteiger partial charge in [0.1, 0.15) is 0 Å². The Morgan fingerprint density at radius 3 is 2.60 bits per heavy atom. The largest absolute Gasteiger partial charge is 0.481 e. The number of piperidine rings is 1. The molecule has 1 saturated heterocycles. The number of carbonyl (C=O) groups is 2. The van der Waals surface area contributed by atoms with Gasteiger partial charge >= 0.3 is 12.0 Å². The molecule has 0 spiro atoms. The van der Waals surface area contributed by atoms with Gasteiger partial charge in [0.25, 0.3) is 0 Å². The summed E-state index contributed by atoms with van der Waals surface area (Å²) >= 11 is 9.38. The Kier molecular flexibility index (Phi) is 4.88. The number of carbonyl (C=O) groups excluding carboxylic acids is 1. The Hall–Kier alpha value is -1.27. The number of aliphatic carboxylic acids is 1. The van der Waals surface area contributed by atoms with Crippen LogP contribution in [0.25, 0.3) is 0 Å². The van der Waals surface area contributed by atoms with Gasteiger partial charge in [0.2, 0.25) is 0 Å². The van der Waals surface area contributed by atoms with Gasteiger partial charge < -0.3 is 15.3 Å². The molecule has 1 aromatic carbocycles. The molecular weight excluding hydrogens is 348 g/mol. The van der Waals surface area contributed by atoms with Crippen LogP contribution in [-0.4, -0.2) is 35.1 Å². The number of amides is 2. The summed E-state index contributed by atoms with van der Waals surface area (Å²) in [5.41, 5.74) is 0.534. The zero-order valence-electron chi connectivity index (χ0n) is 10.6. The van der Waals surface area contributed by atoms with E-state index in [1.165, 1.54) is 0 Å². The lowest BCUT2D eigenvalue weighted by Gasteiger charge is -2.30. The summed E-state index contributed by atoms with van der Waals surface area (Å²) in [5, 5.41) is 12.1. The predicted molar refractivity (Wildman–Crippen MR) is 80.1 cm³/mol.